The first-order valence-corrected chi connectivity index (χ1v) is 8.42. The molecule has 0 amide bonds. The molecule has 0 atom stereocenters. The van der Waals surface area contributed by atoms with Gasteiger partial charge in [-0.1, -0.05) is 42.1 Å². The van der Waals surface area contributed by atoms with Crippen molar-refractivity contribution in [3.8, 4) is 22.9 Å². The number of nitrogens with zero attached hydrogens (tertiary/aromatic N) is 3. The molecule has 0 radical (unpaired) electrons. The van der Waals surface area contributed by atoms with Crippen molar-refractivity contribution in [2.75, 3.05) is 25.3 Å². The zero-order chi connectivity index (χ0) is 16.8. The second-order valence-corrected chi connectivity index (χ2v) is 5.95. The third-order valence-corrected chi connectivity index (χ3v) is 4.25. The van der Waals surface area contributed by atoms with E-state index in [1.54, 1.807) is 7.11 Å². The Morgan fingerprint density at radius 1 is 1.04 bits per heavy atom. The molecule has 0 aliphatic rings. The molecule has 1 heterocycles. The second-order valence-electron chi connectivity index (χ2n) is 4.89. The highest BCUT2D eigenvalue weighted by molar-refractivity contribution is 7.99. The number of ether oxygens (including phenoxy) is 2. The summed E-state index contributed by atoms with van der Waals surface area (Å²) in [5.41, 5.74) is 0.808. The fourth-order valence-electron chi connectivity index (χ4n) is 2.20. The molecule has 2 aromatic carbocycles. The number of aromatic nitrogens is 3. The van der Waals surface area contributed by atoms with Crippen molar-refractivity contribution in [1.29, 1.82) is 0 Å². The van der Waals surface area contributed by atoms with E-state index >= 15 is 0 Å². The van der Waals surface area contributed by atoms with Crippen LogP contribution >= 0.6 is 11.8 Å². The number of hydrogen-bond donors (Lipinski definition) is 1. The van der Waals surface area contributed by atoms with Crippen molar-refractivity contribution < 1.29 is 9.47 Å². The molecule has 2 N–H and O–H groups in total. The van der Waals surface area contributed by atoms with Crippen molar-refractivity contribution in [3.63, 3.8) is 0 Å². The Balaban J connectivity index is 1.63. The summed E-state index contributed by atoms with van der Waals surface area (Å²) >= 11 is 1.49. The average molecular weight is 342 g/mol. The van der Waals surface area contributed by atoms with Crippen molar-refractivity contribution in [3.05, 3.63) is 54.6 Å². The summed E-state index contributed by atoms with van der Waals surface area (Å²) < 4.78 is 12.5. The number of hydrogen-bond acceptors (Lipinski definition) is 6. The van der Waals surface area contributed by atoms with Gasteiger partial charge in [0.2, 0.25) is 5.16 Å². The third kappa shape index (κ3) is 3.62. The second kappa shape index (κ2) is 7.74. The molecule has 124 valence electrons. The summed E-state index contributed by atoms with van der Waals surface area (Å²) in [4.78, 5) is 0. The molecule has 3 aromatic rings. The van der Waals surface area contributed by atoms with E-state index in [0.717, 1.165) is 17.1 Å². The third-order valence-electron chi connectivity index (χ3n) is 3.34. The topological polar surface area (TPSA) is 75.2 Å². The summed E-state index contributed by atoms with van der Waals surface area (Å²) in [7, 11) is 1.62. The minimum atomic E-state index is 0.561. The SMILES string of the molecule is COc1ccccc1-c1nnc(SCCOc2ccccc2)n1N. The molecule has 0 fully saturated rings. The number of nitrogens with two attached hydrogens (primary N) is 1. The molecule has 0 aliphatic carbocycles. The predicted molar refractivity (Wildman–Crippen MR) is 94.8 cm³/mol. The van der Waals surface area contributed by atoms with Crippen molar-refractivity contribution in [1.82, 2.24) is 14.9 Å². The summed E-state index contributed by atoms with van der Waals surface area (Å²) in [5, 5.41) is 8.96. The Kier molecular flexibility index (Phi) is 5.22. The highest BCUT2D eigenvalue weighted by Gasteiger charge is 2.15. The maximum atomic E-state index is 6.13. The molecular weight excluding hydrogens is 324 g/mol. The van der Waals surface area contributed by atoms with Crippen LogP contribution in [0.1, 0.15) is 0 Å². The number of thioether (sulfide) groups is 1. The van der Waals surface area contributed by atoms with Crippen molar-refractivity contribution in [2.45, 2.75) is 5.16 Å². The molecule has 24 heavy (non-hydrogen) atoms. The first-order chi connectivity index (χ1) is 11.8. The zero-order valence-electron chi connectivity index (χ0n) is 13.3. The first-order valence-electron chi connectivity index (χ1n) is 7.44. The highest BCUT2D eigenvalue weighted by Crippen LogP contribution is 2.29. The zero-order valence-corrected chi connectivity index (χ0v) is 14.1. The lowest BCUT2D eigenvalue weighted by atomic mass is 10.2. The lowest BCUT2D eigenvalue weighted by Crippen LogP contribution is -2.12. The number of rotatable bonds is 7. The normalized spacial score (nSPS) is 10.5. The highest BCUT2D eigenvalue weighted by atomic mass is 32.2. The summed E-state index contributed by atoms with van der Waals surface area (Å²) in [6, 6.07) is 17.3. The van der Waals surface area contributed by atoms with Gasteiger partial charge in [-0.15, -0.1) is 10.2 Å². The Morgan fingerprint density at radius 3 is 2.58 bits per heavy atom. The molecule has 0 saturated heterocycles. The van der Waals surface area contributed by atoms with Gasteiger partial charge < -0.3 is 15.3 Å². The van der Waals surface area contributed by atoms with Gasteiger partial charge in [-0.2, -0.15) is 0 Å². The van der Waals surface area contributed by atoms with Gasteiger partial charge in [0, 0.05) is 5.75 Å². The predicted octanol–water partition coefficient (Wildman–Crippen LogP) is 2.84. The quantitative estimate of drug-likeness (QED) is 0.404. The minimum Gasteiger partial charge on any atom is -0.496 e. The summed E-state index contributed by atoms with van der Waals surface area (Å²) in [6.07, 6.45) is 0. The van der Waals surface area contributed by atoms with E-state index in [9.17, 15) is 0 Å². The van der Waals surface area contributed by atoms with E-state index < -0.39 is 0 Å². The Labute approximate surface area is 144 Å². The molecule has 0 bridgehead atoms. The first kappa shape index (κ1) is 16.2. The molecule has 3 rings (SSSR count). The van der Waals surface area contributed by atoms with E-state index in [0.29, 0.717) is 23.3 Å². The van der Waals surface area contributed by atoms with Crippen molar-refractivity contribution in [2.24, 2.45) is 0 Å². The van der Waals surface area contributed by atoms with Crippen LogP contribution in [0.3, 0.4) is 0 Å². The lowest BCUT2D eigenvalue weighted by Gasteiger charge is -2.08. The van der Waals surface area contributed by atoms with Gasteiger partial charge in [-0.05, 0) is 24.3 Å². The Bertz CT molecular complexity index is 792. The smallest absolute Gasteiger partial charge is 0.210 e. The molecule has 0 spiro atoms. The van der Waals surface area contributed by atoms with Crippen LogP contribution in [0.15, 0.2) is 59.8 Å². The van der Waals surface area contributed by atoms with Gasteiger partial charge in [0.25, 0.3) is 0 Å². The standard InChI is InChI=1S/C17H18N4O2S/c1-22-15-10-6-5-9-14(15)16-19-20-17(21(16)18)24-12-11-23-13-7-3-2-4-8-13/h2-10H,11-12,18H2,1H3. The van der Waals surface area contributed by atoms with Gasteiger partial charge in [-0.3, -0.25) is 0 Å². The van der Waals surface area contributed by atoms with Gasteiger partial charge in [0.1, 0.15) is 11.5 Å². The molecule has 0 aliphatic heterocycles. The number of nitrogen functional groups attached to an aromatic ring is 1. The van der Waals surface area contributed by atoms with Crippen molar-refractivity contribution >= 4 is 11.8 Å². The minimum absolute atomic E-state index is 0.561. The maximum Gasteiger partial charge on any atom is 0.210 e. The van der Waals surface area contributed by atoms with E-state index in [4.69, 9.17) is 15.3 Å². The van der Waals surface area contributed by atoms with Gasteiger partial charge in [-0.25, -0.2) is 4.68 Å². The monoisotopic (exact) mass is 342 g/mol. The molecule has 0 saturated carbocycles. The van der Waals surface area contributed by atoms with Crippen LogP contribution in [0.5, 0.6) is 11.5 Å². The van der Waals surface area contributed by atoms with Crippen LogP contribution in [0.2, 0.25) is 0 Å². The van der Waals surface area contributed by atoms with Gasteiger partial charge in [0.15, 0.2) is 5.82 Å². The van der Waals surface area contributed by atoms with Gasteiger partial charge >= 0.3 is 0 Å². The van der Waals surface area contributed by atoms with E-state index in [1.165, 1.54) is 16.4 Å². The number of para-hydroxylation sites is 2. The Hall–Kier alpha value is -2.67. The molecule has 1 aromatic heterocycles. The Morgan fingerprint density at radius 2 is 1.79 bits per heavy atom. The average Bonchev–Trinajstić information content (AvgIpc) is 3.00. The maximum absolute atomic E-state index is 6.13. The molecule has 6 nitrogen and oxygen atoms in total. The van der Waals surface area contributed by atoms with E-state index in [-0.39, 0.29) is 0 Å². The van der Waals surface area contributed by atoms with Crippen LogP contribution in [0.25, 0.3) is 11.4 Å². The fraction of sp³-hybridized carbons (Fsp3) is 0.176. The fourth-order valence-corrected chi connectivity index (χ4v) is 2.87. The number of methoxy groups -OCH3 is 1. The lowest BCUT2D eigenvalue weighted by molar-refractivity contribution is 0.344. The summed E-state index contributed by atoms with van der Waals surface area (Å²) in [6.45, 7) is 0.561. The molecule has 0 unspecified atom stereocenters. The van der Waals surface area contributed by atoms with Crippen LogP contribution in [0.4, 0.5) is 0 Å². The number of benzene rings is 2. The van der Waals surface area contributed by atoms with E-state index in [2.05, 4.69) is 10.2 Å². The van der Waals surface area contributed by atoms with Gasteiger partial charge in [0.05, 0.1) is 19.3 Å². The largest absolute Gasteiger partial charge is 0.496 e. The van der Waals surface area contributed by atoms with Crippen LogP contribution < -0.4 is 15.3 Å². The summed E-state index contributed by atoms with van der Waals surface area (Å²) in [5.74, 6) is 8.97. The van der Waals surface area contributed by atoms with E-state index in [1.807, 2.05) is 54.6 Å². The van der Waals surface area contributed by atoms with Crippen LogP contribution in [0, 0.1) is 0 Å². The van der Waals surface area contributed by atoms with Crippen LogP contribution in [-0.2, 0) is 0 Å². The molecular formula is C17H18N4O2S. The molecule has 7 heteroatoms. The van der Waals surface area contributed by atoms with Crippen LogP contribution in [-0.4, -0.2) is 34.3 Å².